The number of carbonyl (C=O) groups excluding carboxylic acids is 1. The van der Waals surface area contributed by atoms with Gasteiger partial charge in [-0.1, -0.05) is 0 Å². The third kappa shape index (κ3) is 2.90. The molecule has 0 aromatic rings. The third-order valence-corrected chi connectivity index (χ3v) is 2.70. The van der Waals surface area contributed by atoms with Crippen LogP contribution in [-0.2, 0) is 14.3 Å². The smallest absolute Gasteiger partial charge is 0.240 e. The Bertz CT molecular complexity index is 223. The van der Waals surface area contributed by atoms with Crippen LogP contribution < -0.4 is 5.32 Å². The molecular weight excluding hydrogens is 196 g/mol. The second-order valence-corrected chi connectivity index (χ2v) is 3.87. The van der Waals surface area contributed by atoms with Gasteiger partial charge in [0, 0.05) is 14.2 Å². The second-order valence-electron chi connectivity index (χ2n) is 3.87. The summed E-state index contributed by atoms with van der Waals surface area (Å²) >= 11 is 0. The summed E-state index contributed by atoms with van der Waals surface area (Å²) in [7, 11) is 3.26. The highest BCUT2D eigenvalue weighted by molar-refractivity contribution is 5.83. The minimum absolute atomic E-state index is 0.0616. The molecule has 0 radical (unpaired) electrons. The summed E-state index contributed by atoms with van der Waals surface area (Å²) in [5, 5.41) is 3.17. The summed E-state index contributed by atoms with van der Waals surface area (Å²) in [6.45, 7) is 4.92. The Kier molecular flexibility index (Phi) is 4.50. The van der Waals surface area contributed by atoms with Crippen molar-refractivity contribution in [3.05, 3.63) is 0 Å². The van der Waals surface area contributed by atoms with Crippen molar-refractivity contribution in [1.29, 1.82) is 0 Å². The Hall–Kier alpha value is -0.650. The van der Waals surface area contributed by atoms with Gasteiger partial charge in [0.15, 0.2) is 0 Å². The average molecular weight is 216 g/mol. The van der Waals surface area contributed by atoms with Crippen LogP contribution >= 0.6 is 0 Å². The Labute approximate surface area is 90.7 Å². The predicted octanol–water partition coefficient (Wildman–Crippen LogP) is -0.186. The van der Waals surface area contributed by atoms with E-state index in [1.807, 2.05) is 13.8 Å². The molecule has 0 aliphatic carbocycles. The Morgan fingerprint density at radius 1 is 1.47 bits per heavy atom. The van der Waals surface area contributed by atoms with E-state index in [0.29, 0.717) is 13.2 Å². The van der Waals surface area contributed by atoms with Crippen LogP contribution in [0.25, 0.3) is 0 Å². The highest BCUT2D eigenvalue weighted by Gasteiger charge is 2.34. The van der Waals surface area contributed by atoms with E-state index in [9.17, 15) is 4.79 Å². The third-order valence-electron chi connectivity index (χ3n) is 2.70. The zero-order valence-electron chi connectivity index (χ0n) is 9.82. The van der Waals surface area contributed by atoms with Crippen molar-refractivity contribution >= 4 is 5.91 Å². The van der Waals surface area contributed by atoms with Gasteiger partial charge in [-0.25, -0.2) is 0 Å². The van der Waals surface area contributed by atoms with Crippen molar-refractivity contribution < 1.29 is 14.3 Å². The lowest BCUT2D eigenvalue weighted by Crippen LogP contribution is -2.42. The topological polar surface area (TPSA) is 50.8 Å². The van der Waals surface area contributed by atoms with E-state index >= 15 is 0 Å². The Morgan fingerprint density at radius 2 is 2.13 bits per heavy atom. The number of methoxy groups -OCH3 is 2. The first kappa shape index (κ1) is 12.4. The fourth-order valence-corrected chi connectivity index (χ4v) is 1.81. The monoisotopic (exact) mass is 216 g/mol. The zero-order chi connectivity index (χ0) is 11.4. The molecule has 0 aromatic carbocycles. The van der Waals surface area contributed by atoms with E-state index < -0.39 is 0 Å². The largest absolute Gasteiger partial charge is 0.382 e. The highest BCUT2D eigenvalue weighted by Crippen LogP contribution is 2.11. The number of carbonyl (C=O) groups is 1. The van der Waals surface area contributed by atoms with Gasteiger partial charge in [0.25, 0.3) is 0 Å². The minimum atomic E-state index is -0.0972. The molecule has 1 rings (SSSR count). The van der Waals surface area contributed by atoms with Gasteiger partial charge in [-0.2, -0.15) is 0 Å². The average Bonchev–Trinajstić information content (AvgIpc) is 2.44. The minimum Gasteiger partial charge on any atom is -0.382 e. The first-order valence-corrected chi connectivity index (χ1v) is 5.18. The van der Waals surface area contributed by atoms with Gasteiger partial charge in [-0.3, -0.25) is 10.1 Å². The number of ether oxygens (including phenoxy) is 2. The van der Waals surface area contributed by atoms with Crippen molar-refractivity contribution in [3.8, 4) is 0 Å². The molecule has 1 fully saturated rings. The standard InChI is InChI=1S/C10H20N2O3/c1-7-10(13)12(8(2)11-7)5-9(15-4)6-14-3/h7-9,11H,5-6H2,1-4H3. The maximum Gasteiger partial charge on any atom is 0.240 e. The molecule has 1 amide bonds. The van der Waals surface area contributed by atoms with Gasteiger partial charge in [-0.05, 0) is 13.8 Å². The Balaban J connectivity index is 2.52. The number of nitrogens with one attached hydrogen (secondary N) is 1. The summed E-state index contributed by atoms with van der Waals surface area (Å²) in [4.78, 5) is 13.5. The highest BCUT2D eigenvalue weighted by atomic mass is 16.5. The van der Waals surface area contributed by atoms with Crippen molar-refractivity contribution in [1.82, 2.24) is 10.2 Å². The summed E-state index contributed by atoms with van der Waals surface area (Å²) in [5.41, 5.74) is 0. The molecule has 0 bridgehead atoms. The molecule has 0 spiro atoms. The molecule has 1 saturated heterocycles. The number of rotatable bonds is 5. The van der Waals surface area contributed by atoms with Crippen LogP contribution in [0.1, 0.15) is 13.8 Å². The van der Waals surface area contributed by atoms with Crippen LogP contribution in [0.4, 0.5) is 0 Å². The van der Waals surface area contributed by atoms with Crippen LogP contribution in [0.2, 0.25) is 0 Å². The van der Waals surface area contributed by atoms with Crippen LogP contribution in [0, 0.1) is 0 Å². The lowest BCUT2D eigenvalue weighted by molar-refractivity contribution is -0.131. The fraction of sp³-hybridized carbons (Fsp3) is 0.900. The molecule has 3 atom stereocenters. The quantitative estimate of drug-likeness (QED) is 0.692. The molecule has 0 saturated carbocycles. The number of hydrogen-bond acceptors (Lipinski definition) is 4. The maximum absolute atomic E-state index is 11.7. The van der Waals surface area contributed by atoms with Crippen LogP contribution in [0.15, 0.2) is 0 Å². The molecule has 1 aliphatic rings. The Morgan fingerprint density at radius 3 is 2.53 bits per heavy atom. The van der Waals surface area contributed by atoms with E-state index in [-0.39, 0.29) is 24.2 Å². The molecule has 0 aromatic heterocycles. The lowest BCUT2D eigenvalue weighted by atomic mass is 10.3. The molecule has 5 heteroatoms. The molecule has 3 unspecified atom stereocenters. The van der Waals surface area contributed by atoms with Gasteiger partial charge in [0.2, 0.25) is 5.91 Å². The zero-order valence-corrected chi connectivity index (χ0v) is 9.82. The van der Waals surface area contributed by atoms with Gasteiger partial charge in [0.1, 0.15) is 0 Å². The van der Waals surface area contributed by atoms with E-state index in [2.05, 4.69) is 5.32 Å². The molecule has 1 heterocycles. The predicted molar refractivity (Wildman–Crippen MR) is 56.4 cm³/mol. The number of amides is 1. The van der Waals surface area contributed by atoms with E-state index in [1.54, 1.807) is 19.1 Å². The van der Waals surface area contributed by atoms with Gasteiger partial charge in [0.05, 0.1) is 31.5 Å². The molecule has 5 nitrogen and oxygen atoms in total. The summed E-state index contributed by atoms with van der Waals surface area (Å²) in [5.74, 6) is 0.126. The maximum atomic E-state index is 11.7. The van der Waals surface area contributed by atoms with Crippen LogP contribution in [-0.4, -0.2) is 56.5 Å². The molecular formula is C10H20N2O3. The molecule has 1 aliphatic heterocycles. The van der Waals surface area contributed by atoms with Gasteiger partial charge < -0.3 is 14.4 Å². The van der Waals surface area contributed by atoms with Crippen LogP contribution in [0.5, 0.6) is 0 Å². The van der Waals surface area contributed by atoms with Crippen molar-refractivity contribution in [3.63, 3.8) is 0 Å². The van der Waals surface area contributed by atoms with Gasteiger partial charge in [-0.15, -0.1) is 0 Å². The van der Waals surface area contributed by atoms with E-state index in [1.165, 1.54) is 0 Å². The first-order chi connectivity index (χ1) is 7.10. The van der Waals surface area contributed by atoms with Crippen molar-refractivity contribution in [2.45, 2.75) is 32.2 Å². The summed E-state index contributed by atoms with van der Waals surface area (Å²) in [6.07, 6.45) is 0.00973. The van der Waals surface area contributed by atoms with Crippen molar-refractivity contribution in [2.24, 2.45) is 0 Å². The SMILES string of the molecule is COCC(CN1C(=O)C(C)NC1C)OC. The molecule has 1 N–H and O–H groups in total. The fourth-order valence-electron chi connectivity index (χ4n) is 1.81. The molecule has 15 heavy (non-hydrogen) atoms. The second kappa shape index (κ2) is 5.44. The first-order valence-electron chi connectivity index (χ1n) is 5.18. The summed E-state index contributed by atoms with van der Waals surface area (Å²) < 4.78 is 10.3. The van der Waals surface area contributed by atoms with E-state index in [4.69, 9.17) is 9.47 Å². The summed E-state index contributed by atoms with van der Waals surface area (Å²) in [6, 6.07) is -0.0972. The lowest BCUT2D eigenvalue weighted by Gasteiger charge is -2.25. The number of hydrogen-bond donors (Lipinski definition) is 1. The van der Waals surface area contributed by atoms with Crippen LogP contribution in [0.3, 0.4) is 0 Å². The number of nitrogens with zero attached hydrogens (tertiary/aromatic N) is 1. The van der Waals surface area contributed by atoms with E-state index in [0.717, 1.165) is 0 Å². The van der Waals surface area contributed by atoms with Gasteiger partial charge >= 0.3 is 0 Å². The van der Waals surface area contributed by atoms with Crippen molar-refractivity contribution in [2.75, 3.05) is 27.4 Å². The normalized spacial score (nSPS) is 28.5. The molecule has 88 valence electrons.